The number of carbonyl (C=O) groups excluding carboxylic acids is 1. The molecule has 5 nitrogen and oxygen atoms in total. The number of nitrogens with zero attached hydrogens (tertiary/aromatic N) is 2. The van der Waals surface area contributed by atoms with Crippen LogP contribution in [0.4, 0.5) is 4.79 Å². The molecule has 0 aliphatic carbocycles. The van der Waals surface area contributed by atoms with E-state index in [0.717, 1.165) is 16.8 Å². The zero-order valence-electron chi connectivity index (χ0n) is 13.6. The van der Waals surface area contributed by atoms with Gasteiger partial charge in [0.25, 0.3) is 0 Å². The minimum atomic E-state index is -0.946. The number of hydrogen-bond acceptors (Lipinski definition) is 4. The van der Waals surface area contributed by atoms with Crippen molar-refractivity contribution in [2.45, 2.75) is 18.9 Å². The number of hydrogen-bond donors (Lipinski definition) is 1. The third-order valence-corrected chi connectivity index (χ3v) is 4.21. The predicted molar refractivity (Wildman–Crippen MR) is 91.7 cm³/mol. The van der Waals surface area contributed by atoms with Crippen LogP contribution in [-0.2, 0) is 10.3 Å². The van der Waals surface area contributed by atoms with Crippen molar-refractivity contribution in [2.75, 3.05) is 13.2 Å². The molecular formula is C19H20N2O3. The van der Waals surface area contributed by atoms with Crippen LogP contribution in [0.2, 0.25) is 0 Å². The van der Waals surface area contributed by atoms with Gasteiger partial charge in [0, 0.05) is 6.42 Å². The maximum absolute atomic E-state index is 12.5. The Morgan fingerprint density at radius 2 is 1.79 bits per heavy atom. The molecule has 0 aromatic heterocycles. The Bertz CT molecular complexity index is 731. The molecule has 0 fully saturated rings. The molecule has 5 heteroatoms. The van der Waals surface area contributed by atoms with Gasteiger partial charge >= 0.3 is 6.09 Å². The summed E-state index contributed by atoms with van der Waals surface area (Å²) in [7, 11) is 0. The monoisotopic (exact) mass is 324 g/mol. The molecular weight excluding hydrogens is 304 g/mol. The van der Waals surface area contributed by atoms with Gasteiger partial charge in [-0.1, -0.05) is 60.7 Å². The first kappa shape index (κ1) is 16.2. The Labute approximate surface area is 141 Å². The Morgan fingerprint density at radius 1 is 1.17 bits per heavy atom. The van der Waals surface area contributed by atoms with E-state index in [4.69, 9.17) is 4.74 Å². The third kappa shape index (κ3) is 2.78. The highest BCUT2D eigenvalue weighted by Crippen LogP contribution is 2.39. The van der Waals surface area contributed by atoms with E-state index < -0.39 is 11.6 Å². The van der Waals surface area contributed by atoms with Crippen LogP contribution in [-0.4, -0.2) is 35.1 Å². The summed E-state index contributed by atoms with van der Waals surface area (Å²) in [6, 6.07) is 19.1. The summed E-state index contributed by atoms with van der Waals surface area (Å²) >= 11 is 0. The Morgan fingerprint density at radius 3 is 2.38 bits per heavy atom. The number of ether oxygens (including phenoxy) is 1. The number of rotatable bonds is 4. The van der Waals surface area contributed by atoms with E-state index >= 15 is 0 Å². The van der Waals surface area contributed by atoms with Crippen LogP contribution >= 0.6 is 0 Å². The SMILES string of the molecule is CCOC(=O)N1N=C(c2ccccc2)CC1(CO)c1ccccc1. The third-order valence-electron chi connectivity index (χ3n) is 4.21. The zero-order chi connectivity index (χ0) is 17.0. The summed E-state index contributed by atoms with van der Waals surface area (Å²) in [5, 5.41) is 16.0. The molecule has 0 bridgehead atoms. The Kier molecular flexibility index (Phi) is 4.62. The first-order valence-corrected chi connectivity index (χ1v) is 7.97. The number of aliphatic hydroxyl groups is 1. The number of aliphatic hydroxyl groups excluding tert-OH is 1. The van der Waals surface area contributed by atoms with Gasteiger partial charge in [0.2, 0.25) is 0 Å². The minimum Gasteiger partial charge on any atom is -0.448 e. The fourth-order valence-electron chi connectivity index (χ4n) is 2.98. The number of hydrazone groups is 1. The fourth-order valence-corrected chi connectivity index (χ4v) is 2.98. The van der Waals surface area contributed by atoms with E-state index in [9.17, 15) is 9.90 Å². The average molecular weight is 324 g/mol. The van der Waals surface area contributed by atoms with Crippen molar-refractivity contribution in [3.63, 3.8) is 0 Å². The second-order valence-corrected chi connectivity index (χ2v) is 5.66. The lowest BCUT2D eigenvalue weighted by molar-refractivity contribution is 0.0313. The summed E-state index contributed by atoms with van der Waals surface area (Å²) in [5.41, 5.74) is 1.56. The van der Waals surface area contributed by atoms with Crippen molar-refractivity contribution in [3.05, 3.63) is 71.8 Å². The number of benzene rings is 2. The van der Waals surface area contributed by atoms with Crippen LogP contribution in [0.15, 0.2) is 65.8 Å². The van der Waals surface area contributed by atoms with Gasteiger partial charge in [-0.2, -0.15) is 10.1 Å². The topological polar surface area (TPSA) is 62.1 Å². The standard InChI is InChI=1S/C19H20N2O3/c1-2-24-18(23)21-19(14-22,16-11-7-4-8-12-16)13-17(20-21)15-9-5-3-6-10-15/h3-12,22H,2,13-14H2,1H3. The van der Waals surface area contributed by atoms with Gasteiger partial charge in [0.15, 0.2) is 0 Å². The molecule has 1 atom stereocenters. The van der Waals surface area contributed by atoms with Crippen molar-refractivity contribution in [3.8, 4) is 0 Å². The fraction of sp³-hybridized carbons (Fsp3) is 0.263. The molecule has 0 saturated heterocycles. The molecule has 24 heavy (non-hydrogen) atoms. The van der Waals surface area contributed by atoms with E-state index in [1.165, 1.54) is 5.01 Å². The van der Waals surface area contributed by atoms with Crippen LogP contribution < -0.4 is 0 Å². The first-order valence-electron chi connectivity index (χ1n) is 7.97. The van der Waals surface area contributed by atoms with Crippen LogP contribution in [0, 0.1) is 0 Å². The smallest absolute Gasteiger partial charge is 0.431 e. The first-order chi connectivity index (χ1) is 11.7. The molecule has 0 spiro atoms. The summed E-state index contributed by atoms with van der Waals surface area (Å²) < 4.78 is 5.16. The summed E-state index contributed by atoms with van der Waals surface area (Å²) in [5.74, 6) is 0. The van der Waals surface area contributed by atoms with E-state index in [1.54, 1.807) is 6.92 Å². The van der Waals surface area contributed by atoms with Gasteiger partial charge < -0.3 is 9.84 Å². The Balaban J connectivity index is 2.06. The average Bonchev–Trinajstić information content (AvgIpc) is 3.05. The molecule has 1 aliphatic heterocycles. The highest BCUT2D eigenvalue weighted by molar-refractivity contribution is 6.03. The van der Waals surface area contributed by atoms with Crippen molar-refractivity contribution in [1.82, 2.24) is 5.01 Å². The molecule has 124 valence electrons. The highest BCUT2D eigenvalue weighted by atomic mass is 16.6. The number of amides is 1. The van der Waals surface area contributed by atoms with Crippen molar-refractivity contribution in [2.24, 2.45) is 5.10 Å². The maximum atomic E-state index is 12.5. The molecule has 1 aliphatic rings. The van der Waals surface area contributed by atoms with Crippen LogP contribution in [0.1, 0.15) is 24.5 Å². The number of carbonyl (C=O) groups is 1. The van der Waals surface area contributed by atoms with Gasteiger partial charge in [0.1, 0.15) is 5.54 Å². The molecule has 1 N–H and O–H groups in total. The highest BCUT2D eigenvalue weighted by Gasteiger charge is 2.48. The van der Waals surface area contributed by atoms with Crippen molar-refractivity contribution >= 4 is 11.8 Å². The molecule has 2 aromatic rings. The quantitative estimate of drug-likeness (QED) is 0.940. The van der Waals surface area contributed by atoms with Gasteiger partial charge in [-0.3, -0.25) is 0 Å². The second-order valence-electron chi connectivity index (χ2n) is 5.66. The van der Waals surface area contributed by atoms with Gasteiger partial charge in [-0.05, 0) is 18.1 Å². The summed E-state index contributed by atoms with van der Waals surface area (Å²) in [6.45, 7) is 1.76. The molecule has 1 heterocycles. The summed E-state index contributed by atoms with van der Waals surface area (Å²) in [6.07, 6.45) is -0.127. The van der Waals surface area contributed by atoms with E-state index in [1.807, 2.05) is 60.7 Å². The zero-order valence-corrected chi connectivity index (χ0v) is 13.6. The molecule has 3 rings (SSSR count). The van der Waals surface area contributed by atoms with Crippen LogP contribution in [0.25, 0.3) is 0 Å². The predicted octanol–water partition coefficient (Wildman–Crippen LogP) is 3.14. The van der Waals surface area contributed by atoms with Gasteiger partial charge in [-0.15, -0.1) is 0 Å². The van der Waals surface area contributed by atoms with Gasteiger partial charge in [0.05, 0.1) is 18.9 Å². The lowest BCUT2D eigenvalue weighted by Gasteiger charge is -2.34. The molecule has 2 aromatic carbocycles. The second kappa shape index (κ2) is 6.84. The normalized spacial score (nSPS) is 19.9. The van der Waals surface area contributed by atoms with Crippen LogP contribution in [0.3, 0.4) is 0 Å². The minimum absolute atomic E-state index is 0.240. The van der Waals surface area contributed by atoms with Crippen molar-refractivity contribution < 1.29 is 14.6 Å². The molecule has 0 radical (unpaired) electrons. The largest absolute Gasteiger partial charge is 0.448 e. The lowest BCUT2D eigenvalue weighted by Crippen LogP contribution is -2.46. The van der Waals surface area contributed by atoms with Crippen LogP contribution in [0.5, 0.6) is 0 Å². The maximum Gasteiger partial charge on any atom is 0.431 e. The Hall–Kier alpha value is -2.66. The molecule has 0 saturated carbocycles. The van der Waals surface area contributed by atoms with E-state index in [0.29, 0.717) is 6.42 Å². The lowest BCUT2D eigenvalue weighted by atomic mass is 9.85. The van der Waals surface area contributed by atoms with Gasteiger partial charge in [-0.25, -0.2) is 4.79 Å². The molecule has 1 unspecified atom stereocenters. The van der Waals surface area contributed by atoms with Crippen molar-refractivity contribution in [1.29, 1.82) is 0 Å². The van der Waals surface area contributed by atoms with E-state index in [-0.39, 0.29) is 13.2 Å². The van der Waals surface area contributed by atoms with E-state index in [2.05, 4.69) is 5.10 Å². The summed E-state index contributed by atoms with van der Waals surface area (Å²) in [4.78, 5) is 12.5. The molecule has 1 amide bonds.